The van der Waals surface area contributed by atoms with Gasteiger partial charge in [-0.1, -0.05) is 25.0 Å². The quantitative estimate of drug-likeness (QED) is 0.241. The van der Waals surface area contributed by atoms with Gasteiger partial charge >= 0.3 is 11.9 Å². The standard InChI is InChI=1S/C30H36O8/c1-29(2,27(35)36)13-7-5-9-19-15-23(31)17-21(25(19)33)11-12-22-18-24(32)16-20(26(22)34)10-6-8-14-30(3,4)28(37)38/h11-12,15-18H,5-10,13-14H2,1-4H3,(H,35,36)(H,37,38)/b12-11-. The summed E-state index contributed by atoms with van der Waals surface area (Å²) in [6.07, 6.45) is 11.5. The van der Waals surface area contributed by atoms with Gasteiger partial charge in [0.05, 0.1) is 10.8 Å². The van der Waals surface area contributed by atoms with E-state index in [1.807, 2.05) is 0 Å². The summed E-state index contributed by atoms with van der Waals surface area (Å²) in [5.41, 5.74) is -0.841. The van der Waals surface area contributed by atoms with E-state index in [2.05, 4.69) is 0 Å². The van der Waals surface area contributed by atoms with Crippen molar-refractivity contribution in [2.75, 3.05) is 0 Å². The lowest BCUT2D eigenvalue weighted by Crippen LogP contribution is -2.23. The number of carboxylic acid groups (broad SMARTS) is 2. The summed E-state index contributed by atoms with van der Waals surface area (Å²) >= 11 is 0. The Morgan fingerprint density at radius 1 is 0.632 bits per heavy atom. The molecule has 8 nitrogen and oxygen atoms in total. The highest BCUT2D eigenvalue weighted by atomic mass is 16.4. The molecule has 0 aromatic heterocycles. The van der Waals surface area contributed by atoms with Crippen LogP contribution in [0.1, 0.15) is 79.1 Å². The van der Waals surface area contributed by atoms with Crippen LogP contribution in [0.3, 0.4) is 0 Å². The molecule has 0 heterocycles. The van der Waals surface area contributed by atoms with Crippen molar-refractivity contribution in [3.8, 4) is 0 Å². The van der Waals surface area contributed by atoms with Crippen LogP contribution in [-0.4, -0.2) is 45.3 Å². The molecule has 204 valence electrons. The topological polar surface area (TPSA) is 143 Å². The Kier molecular flexibility index (Phi) is 10.2. The zero-order valence-electron chi connectivity index (χ0n) is 22.5. The van der Waals surface area contributed by atoms with Crippen LogP contribution in [0.25, 0.3) is 0 Å². The normalized spacial score (nSPS) is 16.8. The Labute approximate surface area is 222 Å². The van der Waals surface area contributed by atoms with Gasteiger partial charge in [0, 0.05) is 22.3 Å². The lowest BCUT2D eigenvalue weighted by molar-refractivity contribution is -0.148. The van der Waals surface area contributed by atoms with Crippen molar-refractivity contribution in [2.24, 2.45) is 10.8 Å². The minimum Gasteiger partial charge on any atom is -0.481 e. The number of rotatable bonds is 14. The highest BCUT2D eigenvalue weighted by molar-refractivity contribution is 6.23. The second kappa shape index (κ2) is 12.7. The van der Waals surface area contributed by atoms with Crippen LogP contribution in [0.4, 0.5) is 0 Å². The maximum atomic E-state index is 12.9. The monoisotopic (exact) mass is 524 g/mol. The van der Waals surface area contributed by atoms with Gasteiger partial charge in [0.25, 0.3) is 0 Å². The lowest BCUT2D eigenvalue weighted by atomic mass is 9.85. The minimum absolute atomic E-state index is 0.117. The van der Waals surface area contributed by atoms with Crippen LogP contribution in [0, 0.1) is 10.8 Å². The van der Waals surface area contributed by atoms with Gasteiger partial charge < -0.3 is 10.2 Å². The van der Waals surface area contributed by atoms with Crippen LogP contribution in [-0.2, 0) is 28.8 Å². The van der Waals surface area contributed by atoms with Gasteiger partial charge in [0.15, 0.2) is 23.1 Å². The van der Waals surface area contributed by atoms with Crippen LogP contribution < -0.4 is 0 Å². The molecule has 0 amide bonds. The highest BCUT2D eigenvalue weighted by Crippen LogP contribution is 2.28. The van der Waals surface area contributed by atoms with E-state index in [-0.39, 0.29) is 34.3 Å². The smallest absolute Gasteiger partial charge is 0.309 e. The van der Waals surface area contributed by atoms with Crippen molar-refractivity contribution in [1.82, 2.24) is 0 Å². The number of ketones is 4. The van der Waals surface area contributed by atoms with Crippen molar-refractivity contribution in [3.05, 3.63) is 58.7 Å². The van der Waals surface area contributed by atoms with Gasteiger partial charge in [-0.15, -0.1) is 0 Å². The zero-order valence-corrected chi connectivity index (χ0v) is 22.5. The Bertz CT molecular complexity index is 1090. The molecule has 0 radical (unpaired) electrons. The number of Topliss-reactive ketones (excluding diaryl/α,β-unsaturated/α-hetero) is 2. The average molecular weight is 525 g/mol. The molecule has 2 N–H and O–H groups in total. The maximum Gasteiger partial charge on any atom is 0.309 e. The summed E-state index contributed by atoms with van der Waals surface area (Å²) in [6.45, 7) is 6.56. The zero-order chi connectivity index (χ0) is 28.7. The Morgan fingerprint density at radius 2 is 0.974 bits per heavy atom. The van der Waals surface area contributed by atoms with E-state index in [0.717, 1.165) is 0 Å². The minimum atomic E-state index is -0.888. The molecule has 2 rings (SSSR count). The second-order valence-electron chi connectivity index (χ2n) is 11.1. The summed E-state index contributed by atoms with van der Waals surface area (Å²) < 4.78 is 0. The molecule has 2 aliphatic rings. The molecular formula is C30H36O8. The average Bonchev–Trinajstić information content (AvgIpc) is 2.82. The molecule has 0 saturated heterocycles. The number of allylic oxidation sites excluding steroid dienone is 10. The van der Waals surface area contributed by atoms with E-state index in [1.54, 1.807) is 27.7 Å². The summed E-state index contributed by atoms with van der Waals surface area (Å²) in [5, 5.41) is 18.4. The molecule has 2 aliphatic carbocycles. The summed E-state index contributed by atoms with van der Waals surface area (Å²) in [7, 11) is 0. The highest BCUT2D eigenvalue weighted by Gasteiger charge is 2.28. The second-order valence-corrected chi connectivity index (χ2v) is 11.1. The molecule has 0 fully saturated rings. The number of carbonyl (C=O) groups excluding carboxylic acids is 4. The number of hydrogen-bond donors (Lipinski definition) is 2. The molecular weight excluding hydrogens is 488 g/mol. The predicted molar refractivity (Wildman–Crippen MR) is 141 cm³/mol. The maximum absolute atomic E-state index is 12.9. The number of carboxylic acids is 2. The third kappa shape index (κ3) is 8.43. The van der Waals surface area contributed by atoms with Gasteiger partial charge in [-0.2, -0.15) is 0 Å². The first-order chi connectivity index (χ1) is 17.6. The van der Waals surface area contributed by atoms with Crippen LogP contribution in [0.15, 0.2) is 58.7 Å². The third-order valence-corrected chi connectivity index (χ3v) is 6.93. The molecule has 0 saturated carbocycles. The van der Waals surface area contributed by atoms with Crippen LogP contribution in [0.2, 0.25) is 0 Å². The molecule has 38 heavy (non-hydrogen) atoms. The van der Waals surface area contributed by atoms with Gasteiger partial charge in [-0.05, 0) is 90.5 Å². The van der Waals surface area contributed by atoms with Crippen molar-refractivity contribution < 1.29 is 39.0 Å². The molecule has 0 aromatic rings. The molecule has 8 heteroatoms. The molecule has 0 spiro atoms. The fourth-order valence-electron chi connectivity index (χ4n) is 4.14. The van der Waals surface area contributed by atoms with Crippen LogP contribution >= 0.6 is 0 Å². The fourth-order valence-corrected chi connectivity index (χ4v) is 4.14. The third-order valence-electron chi connectivity index (χ3n) is 6.93. The first-order valence-corrected chi connectivity index (χ1v) is 12.8. The number of aliphatic carboxylic acids is 2. The SMILES string of the molecule is CC(C)(CCCCC1=CC(=O)C=C(/C=C\C2=CC(=O)C=C(CCCCC(C)(C)C(=O)O)C2=O)C1=O)C(=O)O. The van der Waals surface area contributed by atoms with Gasteiger partial charge in [-0.3, -0.25) is 28.8 Å². The lowest BCUT2D eigenvalue weighted by Gasteiger charge is -2.19. The van der Waals surface area contributed by atoms with Crippen molar-refractivity contribution in [2.45, 2.75) is 79.1 Å². The van der Waals surface area contributed by atoms with E-state index in [9.17, 15) is 39.0 Å². The van der Waals surface area contributed by atoms with Gasteiger partial charge in [0.1, 0.15) is 0 Å². The van der Waals surface area contributed by atoms with Crippen molar-refractivity contribution in [1.29, 1.82) is 0 Å². The van der Waals surface area contributed by atoms with Crippen molar-refractivity contribution >= 4 is 35.1 Å². The molecule has 0 unspecified atom stereocenters. The molecule has 0 bridgehead atoms. The summed E-state index contributed by atoms with van der Waals surface area (Å²) in [6, 6.07) is 0. The van der Waals surface area contributed by atoms with E-state index in [0.29, 0.717) is 62.5 Å². The first kappa shape index (κ1) is 30.5. The number of carbonyl (C=O) groups is 6. The van der Waals surface area contributed by atoms with Crippen LogP contribution in [0.5, 0.6) is 0 Å². The van der Waals surface area contributed by atoms with E-state index < -0.39 is 22.8 Å². The molecule has 0 atom stereocenters. The number of unbranched alkanes of at least 4 members (excludes halogenated alkanes) is 2. The van der Waals surface area contributed by atoms with Crippen molar-refractivity contribution in [3.63, 3.8) is 0 Å². The Hall–Kier alpha value is -3.68. The summed E-state index contributed by atoms with van der Waals surface area (Å²) in [5.74, 6) is -3.16. The molecule has 0 aliphatic heterocycles. The fraction of sp³-hybridized carbons (Fsp3) is 0.467. The largest absolute Gasteiger partial charge is 0.481 e. The van der Waals surface area contributed by atoms with E-state index in [4.69, 9.17) is 0 Å². The van der Waals surface area contributed by atoms with Gasteiger partial charge in [-0.25, -0.2) is 0 Å². The molecule has 0 aromatic carbocycles. The van der Waals surface area contributed by atoms with Gasteiger partial charge in [0.2, 0.25) is 0 Å². The van der Waals surface area contributed by atoms with E-state index in [1.165, 1.54) is 36.5 Å². The van der Waals surface area contributed by atoms with E-state index >= 15 is 0 Å². The summed E-state index contributed by atoms with van der Waals surface area (Å²) in [4.78, 5) is 72.7. The Balaban J connectivity index is 1.97. The Morgan fingerprint density at radius 3 is 1.29 bits per heavy atom. The first-order valence-electron chi connectivity index (χ1n) is 12.8. The predicted octanol–water partition coefficient (Wildman–Crippen LogP) is 4.89. The number of hydrogen-bond acceptors (Lipinski definition) is 6.